The molecule has 1 aromatic rings. The zero-order valence-electron chi connectivity index (χ0n) is 11.3. The van der Waals surface area contributed by atoms with Crippen molar-refractivity contribution in [3.05, 3.63) is 35.6 Å². The van der Waals surface area contributed by atoms with Crippen LogP contribution in [-0.2, 0) is 15.8 Å². The fourth-order valence-corrected chi connectivity index (χ4v) is 3.70. The van der Waals surface area contributed by atoms with E-state index in [1.807, 2.05) is 0 Å². The van der Waals surface area contributed by atoms with Crippen LogP contribution in [0.5, 0.6) is 0 Å². The van der Waals surface area contributed by atoms with Gasteiger partial charge in [0.25, 0.3) is 0 Å². The first-order valence-electron chi connectivity index (χ1n) is 6.83. The van der Waals surface area contributed by atoms with Gasteiger partial charge in [-0.3, -0.25) is 0 Å². The Morgan fingerprint density at radius 1 is 1.15 bits per heavy atom. The van der Waals surface area contributed by atoms with Crippen molar-refractivity contribution in [3.63, 3.8) is 0 Å². The molecule has 1 aliphatic rings. The van der Waals surface area contributed by atoms with Crippen LogP contribution >= 0.6 is 0 Å². The molecule has 1 fully saturated rings. The SMILES string of the molecule is O=S(=O)(Cc1ccc(F)cc1)NCC1(O)CCCCC1. The van der Waals surface area contributed by atoms with Crippen LogP contribution in [-0.4, -0.2) is 25.7 Å². The Bertz CT molecular complexity index is 536. The summed E-state index contributed by atoms with van der Waals surface area (Å²) in [6.07, 6.45) is 4.20. The monoisotopic (exact) mass is 301 g/mol. The molecule has 20 heavy (non-hydrogen) atoms. The van der Waals surface area contributed by atoms with Crippen LogP contribution in [0.25, 0.3) is 0 Å². The second kappa shape index (κ2) is 6.20. The molecule has 0 unspecified atom stereocenters. The third kappa shape index (κ3) is 4.54. The molecular weight excluding hydrogens is 281 g/mol. The summed E-state index contributed by atoms with van der Waals surface area (Å²) in [5.74, 6) is -0.598. The average Bonchev–Trinajstić information content (AvgIpc) is 2.40. The molecule has 1 saturated carbocycles. The summed E-state index contributed by atoms with van der Waals surface area (Å²) in [4.78, 5) is 0. The highest BCUT2D eigenvalue weighted by Crippen LogP contribution is 2.27. The van der Waals surface area contributed by atoms with Gasteiger partial charge in [-0.25, -0.2) is 17.5 Å². The number of nitrogens with one attached hydrogen (secondary N) is 1. The Morgan fingerprint density at radius 3 is 2.35 bits per heavy atom. The van der Waals surface area contributed by atoms with Crippen molar-refractivity contribution in [3.8, 4) is 0 Å². The number of rotatable bonds is 5. The zero-order chi connectivity index (χ0) is 14.6. The molecule has 0 bridgehead atoms. The maximum atomic E-state index is 12.8. The Hall–Kier alpha value is -0.980. The zero-order valence-corrected chi connectivity index (χ0v) is 12.1. The van der Waals surface area contributed by atoms with E-state index in [2.05, 4.69) is 4.72 Å². The molecule has 1 aromatic carbocycles. The molecular formula is C14H20FNO3S. The van der Waals surface area contributed by atoms with E-state index in [1.54, 1.807) is 0 Å². The van der Waals surface area contributed by atoms with Crippen LogP contribution in [0.4, 0.5) is 4.39 Å². The third-order valence-electron chi connectivity index (χ3n) is 3.68. The lowest BCUT2D eigenvalue weighted by molar-refractivity contribution is 0.00944. The van der Waals surface area contributed by atoms with E-state index in [4.69, 9.17) is 0 Å². The number of hydrogen-bond donors (Lipinski definition) is 2. The molecule has 0 atom stereocenters. The molecule has 4 nitrogen and oxygen atoms in total. The van der Waals surface area contributed by atoms with Crippen molar-refractivity contribution in [2.24, 2.45) is 0 Å². The number of benzene rings is 1. The van der Waals surface area contributed by atoms with Crippen LogP contribution in [0.1, 0.15) is 37.7 Å². The molecule has 0 aromatic heterocycles. The van der Waals surface area contributed by atoms with E-state index in [0.717, 1.165) is 19.3 Å². The van der Waals surface area contributed by atoms with Crippen LogP contribution in [0.15, 0.2) is 24.3 Å². The molecule has 0 radical (unpaired) electrons. The molecule has 0 spiro atoms. The van der Waals surface area contributed by atoms with Crippen molar-refractivity contribution in [2.45, 2.75) is 43.5 Å². The summed E-state index contributed by atoms with van der Waals surface area (Å²) in [5, 5.41) is 10.3. The number of aliphatic hydroxyl groups is 1. The first-order valence-corrected chi connectivity index (χ1v) is 8.48. The van der Waals surface area contributed by atoms with Crippen molar-refractivity contribution in [2.75, 3.05) is 6.54 Å². The standard InChI is InChI=1S/C14H20FNO3S/c15-13-6-4-12(5-7-13)10-20(18,19)16-11-14(17)8-2-1-3-9-14/h4-7,16-17H,1-3,8-11H2. The minimum Gasteiger partial charge on any atom is -0.389 e. The minimum atomic E-state index is -3.52. The predicted molar refractivity (Wildman–Crippen MR) is 75.1 cm³/mol. The Balaban J connectivity index is 1.92. The van der Waals surface area contributed by atoms with E-state index >= 15 is 0 Å². The molecule has 112 valence electrons. The summed E-state index contributed by atoms with van der Waals surface area (Å²) in [5.41, 5.74) is -0.400. The Morgan fingerprint density at radius 2 is 1.75 bits per heavy atom. The van der Waals surface area contributed by atoms with Gasteiger partial charge in [0.2, 0.25) is 10.0 Å². The second-order valence-electron chi connectivity index (χ2n) is 5.49. The van der Waals surface area contributed by atoms with Gasteiger partial charge >= 0.3 is 0 Å². The quantitative estimate of drug-likeness (QED) is 0.873. The van der Waals surface area contributed by atoms with Gasteiger partial charge < -0.3 is 5.11 Å². The largest absolute Gasteiger partial charge is 0.389 e. The van der Waals surface area contributed by atoms with Gasteiger partial charge in [-0.15, -0.1) is 0 Å². The lowest BCUT2D eigenvalue weighted by atomic mass is 9.85. The van der Waals surface area contributed by atoms with Gasteiger partial charge in [-0.05, 0) is 30.5 Å². The maximum absolute atomic E-state index is 12.8. The lowest BCUT2D eigenvalue weighted by Crippen LogP contribution is -2.44. The van der Waals surface area contributed by atoms with Crippen molar-refractivity contribution in [1.82, 2.24) is 4.72 Å². The van der Waals surface area contributed by atoms with Crippen LogP contribution in [0.3, 0.4) is 0 Å². The first kappa shape index (κ1) is 15.4. The topological polar surface area (TPSA) is 66.4 Å². The average molecular weight is 301 g/mol. The van der Waals surface area contributed by atoms with E-state index < -0.39 is 21.4 Å². The molecule has 0 saturated heterocycles. The highest BCUT2D eigenvalue weighted by molar-refractivity contribution is 7.88. The normalized spacial score (nSPS) is 18.9. The lowest BCUT2D eigenvalue weighted by Gasteiger charge is -2.32. The smallest absolute Gasteiger partial charge is 0.215 e. The molecule has 0 amide bonds. The van der Waals surface area contributed by atoms with Crippen molar-refractivity contribution < 1.29 is 17.9 Å². The second-order valence-corrected chi connectivity index (χ2v) is 7.30. The highest BCUT2D eigenvalue weighted by Gasteiger charge is 2.30. The summed E-state index contributed by atoms with van der Waals surface area (Å²) >= 11 is 0. The molecule has 2 rings (SSSR count). The fraction of sp³-hybridized carbons (Fsp3) is 0.571. The first-order chi connectivity index (χ1) is 9.39. The van der Waals surface area contributed by atoms with Crippen molar-refractivity contribution >= 4 is 10.0 Å². The van der Waals surface area contributed by atoms with E-state index in [9.17, 15) is 17.9 Å². The van der Waals surface area contributed by atoms with Gasteiger partial charge in [-0.1, -0.05) is 31.4 Å². The van der Waals surface area contributed by atoms with Gasteiger partial charge in [-0.2, -0.15) is 0 Å². The van der Waals surface area contributed by atoms with Gasteiger partial charge in [0.1, 0.15) is 5.82 Å². The molecule has 2 N–H and O–H groups in total. The van der Waals surface area contributed by atoms with Gasteiger partial charge in [0.05, 0.1) is 11.4 Å². The summed E-state index contributed by atoms with van der Waals surface area (Å²) in [6, 6.07) is 5.37. The molecule has 0 aliphatic heterocycles. The summed E-state index contributed by atoms with van der Waals surface area (Å²) in [7, 11) is -3.52. The Labute approximate surface area is 119 Å². The summed E-state index contributed by atoms with van der Waals surface area (Å²) in [6.45, 7) is 0.0521. The van der Waals surface area contributed by atoms with Crippen LogP contribution in [0.2, 0.25) is 0 Å². The van der Waals surface area contributed by atoms with Crippen molar-refractivity contribution in [1.29, 1.82) is 0 Å². The van der Waals surface area contributed by atoms with Crippen LogP contribution < -0.4 is 4.72 Å². The fourth-order valence-electron chi connectivity index (χ4n) is 2.48. The number of hydrogen-bond acceptors (Lipinski definition) is 3. The third-order valence-corrected chi connectivity index (χ3v) is 4.97. The van der Waals surface area contributed by atoms with Crippen LogP contribution in [0, 0.1) is 5.82 Å². The van der Waals surface area contributed by atoms with Gasteiger partial charge in [0.15, 0.2) is 0 Å². The predicted octanol–water partition coefficient (Wildman–Crippen LogP) is 1.94. The maximum Gasteiger partial charge on any atom is 0.215 e. The highest BCUT2D eigenvalue weighted by atomic mass is 32.2. The Kier molecular flexibility index (Phi) is 4.78. The minimum absolute atomic E-state index is 0.0521. The number of sulfonamides is 1. The molecule has 6 heteroatoms. The van der Waals surface area contributed by atoms with E-state index in [-0.39, 0.29) is 12.3 Å². The van der Waals surface area contributed by atoms with E-state index in [0.29, 0.717) is 18.4 Å². The molecule has 1 aliphatic carbocycles. The number of halogens is 1. The molecule has 0 heterocycles. The van der Waals surface area contributed by atoms with Gasteiger partial charge in [0, 0.05) is 6.54 Å². The summed E-state index contributed by atoms with van der Waals surface area (Å²) < 4.78 is 39.1. The van der Waals surface area contributed by atoms with E-state index in [1.165, 1.54) is 24.3 Å².